The third-order valence-electron chi connectivity index (χ3n) is 2.90. The average Bonchev–Trinajstić information content (AvgIpc) is 2.54. The highest BCUT2D eigenvalue weighted by Crippen LogP contribution is 2.28. The van der Waals surface area contributed by atoms with E-state index < -0.39 is 17.7 Å². The van der Waals surface area contributed by atoms with Gasteiger partial charge in [0.05, 0.1) is 24.5 Å². The van der Waals surface area contributed by atoms with E-state index in [9.17, 15) is 18.0 Å². The van der Waals surface area contributed by atoms with Crippen LogP contribution in [0.4, 0.5) is 13.2 Å². The summed E-state index contributed by atoms with van der Waals surface area (Å²) >= 11 is 0. The van der Waals surface area contributed by atoms with Crippen molar-refractivity contribution in [3.63, 3.8) is 0 Å². The number of benzene rings is 2. The largest absolute Gasteiger partial charge is 0.497 e. The third kappa shape index (κ3) is 4.57. The molecule has 2 aromatic carbocycles. The van der Waals surface area contributed by atoms with Gasteiger partial charge >= 0.3 is 12.1 Å². The van der Waals surface area contributed by atoms with Crippen LogP contribution in [0.3, 0.4) is 0 Å². The Bertz CT molecular complexity index is 692. The molecule has 2 rings (SSSR count). The minimum Gasteiger partial charge on any atom is -0.497 e. The van der Waals surface area contributed by atoms with Gasteiger partial charge in [-0.2, -0.15) is 13.2 Å². The maximum Gasteiger partial charge on any atom is 0.416 e. The molecule has 120 valence electrons. The number of carbonyl (C=O) groups excluding carboxylic acids is 1. The SMILES string of the molecule is COc1ccc(C(=O)O/N=C/c2ccc(C(F)(F)F)cc2)cc1. The minimum atomic E-state index is -4.39. The summed E-state index contributed by atoms with van der Waals surface area (Å²) in [6, 6.07) is 10.5. The van der Waals surface area contributed by atoms with Gasteiger partial charge in [-0.3, -0.25) is 0 Å². The van der Waals surface area contributed by atoms with Crippen LogP contribution >= 0.6 is 0 Å². The van der Waals surface area contributed by atoms with Gasteiger partial charge in [-0.1, -0.05) is 17.3 Å². The van der Waals surface area contributed by atoms with Crippen molar-refractivity contribution in [2.45, 2.75) is 6.18 Å². The fourth-order valence-electron chi connectivity index (χ4n) is 1.67. The molecule has 0 amide bonds. The maximum atomic E-state index is 12.4. The summed E-state index contributed by atoms with van der Waals surface area (Å²) in [6.07, 6.45) is -3.24. The Hall–Kier alpha value is -2.83. The first-order valence-corrected chi connectivity index (χ1v) is 6.46. The molecule has 2 aromatic rings. The molecule has 0 N–H and O–H groups in total. The van der Waals surface area contributed by atoms with E-state index in [1.54, 1.807) is 12.1 Å². The smallest absolute Gasteiger partial charge is 0.416 e. The van der Waals surface area contributed by atoms with Crippen molar-refractivity contribution >= 4 is 12.2 Å². The number of rotatable bonds is 4. The molecule has 0 unspecified atom stereocenters. The first-order valence-electron chi connectivity index (χ1n) is 6.46. The molecular formula is C16H12F3NO3. The Labute approximate surface area is 130 Å². The molecule has 0 aliphatic heterocycles. The minimum absolute atomic E-state index is 0.273. The number of halogens is 3. The van der Waals surface area contributed by atoms with Crippen molar-refractivity contribution in [1.82, 2.24) is 0 Å². The molecule has 0 fully saturated rings. The van der Waals surface area contributed by atoms with E-state index >= 15 is 0 Å². The monoisotopic (exact) mass is 323 g/mol. The molecule has 0 radical (unpaired) electrons. The van der Waals surface area contributed by atoms with Gasteiger partial charge in [0.1, 0.15) is 5.75 Å². The number of oxime groups is 1. The number of nitrogens with zero attached hydrogens (tertiary/aromatic N) is 1. The topological polar surface area (TPSA) is 47.9 Å². The summed E-state index contributed by atoms with van der Waals surface area (Å²) in [7, 11) is 1.50. The highest BCUT2D eigenvalue weighted by Gasteiger charge is 2.29. The van der Waals surface area contributed by atoms with E-state index in [1.165, 1.54) is 31.4 Å². The average molecular weight is 323 g/mol. The number of methoxy groups -OCH3 is 1. The summed E-state index contributed by atoms with van der Waals surface area (Å²) in [5.74, 6) is -0.0920. The van der Waals surface area contributed by atoms with Crippen LogP contribution in [0.25, 0.3) is 0 Å². The summed E-state index contributed by atoms with van der Waals surface area (Å²) in [5, 5.41) is 3.47. The fourth-order valence-corrected chi connectivity index (χ4v) is 1.67. The molecule has 0 atom stereocenters. The summed E-state index contributed by atoms with van der Waals surface area (Å²) in [6.45, 7) is 0. The molecule has 0 aliphatic rings. The van der Waals surface area contributed by atoms with E-state index in [4.69, 9.17) is 4.74 Å². The van der Waals surface area contributed by atoms with Crippen LogP contribution in [-0.2, 0) is 11.0 Å². The predicted octanol–water partition coefficient (Wildman–Crippen LogP) is 3.90. The first-order chi connectivity index (χ1) is 10.9. The molecule has 0 saturated carbocycles. The quantitative estimate of drug-likeness (QED) is 0.487. The van der Waals surface area contributed by atoms with E-state index in [0.29, 0.717) is 11.3 Å². The molecule has 0 bridgehead atoms. The van der Waals surface area contributed by atoms with Gasteiger partial charge in [-0.15, -0.1) is 0 Å². The lowest BCUT2D eigenvalue weighted by Crippen LogP contribution is -2.04. The second-order valence-corrected chi connectivity index (χ2v) is 4.46. The summed E-state index contributed by atoms with van der Waals surface area (Å²) in [5.41, 5.74) is -0.110. The van der Waals surface area contributed by atoms with Crippen LogP contribution in [0.1, 0.15) is 21.5 Å². The Morgan fingerprint density at radius 2 is 1.65 bits per heavy atom. The van der Waals surface area contributed by atoms with Crippen LogP contribution < -0.4 is 4.74 Å². The molecule has 23 heavy (non-hydrogen) atoms. The lowest BCUT2D eigenvalue weighted by molar-refractivity contribution is -0.137. The molecule has 0 heterocycles. The van der Waals surface area contributed by atoms with Crippen molar-refractivity contribution in [2.24, 2.45) is 5.16 Å². The van der Waals surface area contributed by atoms with Gasteiger partial charge in [0.15, 0.2) is 0 Å². The van der Waals surface area contributed by atoms with Crippen LogP contribution in [0, 0.1) is 0 Å². The van der Waals surface area contributed by atoms with Crippen LogP contribution in [0.2, 0.25) is 0 Å². The number of carbonyl (C=O) groups is 1. The Kier molecular flexibility index (Phi) is 5.00. The maximum absolute atomic E-state index is 12.4. The number of ether oxygens (including phenoxy) is 1. The van der Waals surface area contributed by atoms with E-state index in [-0.39, 0.29) is 5.56 Å². The fraction of sp³-hybridized carbons (Fsp3) is 0.125. The molecule has 0 aliphatic carbocycles. The van der Waals surface area contributed by atoms with E-state index in [1.807, 2.05) is 0 Å². The normalized spacial score (nSPS) is 11.5. The summed E-state index contributed by atoms with van der Waals surface area (Å²) in [4.78, 5) is 16.4. The number of hydrogen-bond acceptors (Lipinski definition) is 4. The van der Waals surface area contributed by atoms with Crippen molar-refractivity contribution < 1.29 is 27.5 Å². The zero-order chi connectivity index (χ0) is 16.9. The third-order valence-corrected chi connectivity index (χ3v) is 2.90. The van der Waals surface area contributed by atoms with Crippen molar-refractivity contribution in [3.8, 4) is 5.75 Å². The molecule has 7 heteroatoms. The van der Waals surface area contributed by atoms with Gasteiger partial charge in [0, 0.05) is 0 Å². The van der Waals surface area contributed by atoms with E-state index in [0.717, 1.165) is 18.3 Å². The van der Waals surface area contributed by atoms with Gasteiger partial charge in [0.25, 0.3) is 0 Å². The second kappa shape index (κ2) is 6.95. The lowest BCUT2D eigenvalue weighted by atomic mass is 10.1. The highest BCUT2D eigenvalue weighted by atomic mass is 19.4. The standard InChI is InChI=1S/C16H12F3NO3/c1-22-14-8-4-12(5-9-14)15(21)23-20-10-11-2-6-13(7-3-11)16(17,18)19/h2-10H,1H3/b20-10+. The van der Waals surface area contributed by atoms with Gasteiger partial charge in [-0.05, 0) is 42.0 Å². The zero-order valence-electron chi connectivity index (χ0n) is 12.0. The van der Waals surface area contributed by atoms with Crippen molar-refractivity contribution in [2.75, 3.05) is 7.11 Å². The van der Waals surface area contributed by atoms with Crippen LogP contribution in [0.5, 0.6) is 5.75 Å². The van der Waals surface area contributed by atoms with Crippen LogP contribution in [0.15, 0.2) is 53.7 Å². The molecule has 0 aromatic heterocycles. The van der Waals surface area contributed by atoms with Gasteiger partial charge in [-0.25, -0.2) is 4.79 Å². The number of hydrogen-bond donors (Lipinski definition) is 0. The number of alkyl halides is 3. The summed E-state index contributed by atoms with van der Waals surface area (Å²) < 4.78 is 42.2. The van der Waals surface area contributed by atoms with Crippen molar-refractivity contribution in [1.29, 1.82) is 0 Å². The van der Waals surface area contributed by atoms with Gasteiger partial charge < -0.3 is 9.57 Å². The first kappa shape index (κ1) is 16.5. The van der Waals surface area contributed by atoms with Crippen molar-refractivity contribution in [3.05, 3.63) is 65.2 Å². The Morgan fingerprint density at radius 1 is 1.04 bits per heavy atom. The molecular weight excluding hydrogens is 311 g/mol. The lowest BCUT2D eigenvalue weighted by Gasteiger charge is -2.05. The second-order valence-electron chi connectivity index (χ2n) is 4.46. The zero-order valence-corrected chi connectivity index (χ0v) is 12.0. The predicted molar refractivity (Wildman–Crippen MR) is 77.4 cm³/mol. The van der Waals surface area contributed by atoms with E-state index in [2.05, 4.69) is 9.99 Å². The van der Waals surface area contributed by atoms with Crippen LogP contribution in [-0.4, -0.2) is 19.3 Å². The molecule has 0 spiro atoms. The molecule has 0 saturated heterocycles. The Balaban J connectivity index is 1.96. The molecule has 4 nitrogen and oxygen atoms in total. The van der Waals surface area contributed by atoms with Gasteiger partial charge in [0.2, 0.25) is 0 Å². The highest BCUT2D eigenvalue weighted by molar-refractivity contribution is 5.90. The Morgan fingerprint density at radius 3 is 2.17 bits per heavy atom.